The molecular weight excluding hydrogens is 389 g/mol. The molecular formula is C24H19F3N2O. The average molecular weight is 408 g/mol. The molecule has 0 aliphatic rings. The summed E-state index contributed by atoms with van der Waals surface area (Å²) in [4.78, 5) is 0. The molecule has 0 amide bonds. The van der Waals surface area contributed by atoms with Crippen molar-refractivity contribution in [2.24, 2.45) is 7.05 Å². The number of rotatable bonds is 4. The molecule has 0 radical (unpaired) electrons. The second-order valence-electron chi connectivity index (χ2n) is 6.87. The van der Waals surface area contributed by atoms with Gasteiger partial charge in [0, 0.05) is 23.7 Å². The van der Waals surface area contributed by atoms with Crippen LogP contribution >= 0.6 is 0 Å². The van der Waals surface area contributed by atoms with Gasteiger partial charge in [-0.15, -0.1) is 0 Å². The Morgan fingerprint density at radius 2 is 1.37 bits per heavy atom. The molecule has 0 bridgehead atoms. The fourth-order valence-corrected chi connectivity index (χ4v) is 3.50. The van der Waals surface area contributed by atoms with Gasteiger partial charge < -0.3 is 4.74 Å². The standard InChI is InChI=1S/C24H19F3N2O/c1-29-23(18-8-12-19(13-9-18)24(25,26)27)21(16-10-14-20(30-2)15-11-16)22(28-29)17-6-4-3-5-7-17/h3-15H,1-2H3. The lowest BCUT2D eigenvalue weighted by Gasteiger charge is -2.11. The Balaban J connectivity index is 1.93. The summed E-state index contributed by atoms with van der Waals surface area (Å²) in [5.41, 5.74) is 4.17. The summed E-state index contributed by atoms with van der Waals surface area (Å²) in [5.74, 6) is 0.722. The van der Waals surface area contributed by atoms with Crippen LogP contribution in [-0.2, 0) is 13.2 Å². The maximum atomic E-state index is 13.0. The highest BCUT2D eigenvalue weighted by Crippen LogP contribution is 2.40. The van der Waals surface area contributed by atoms with Crippen LogP contribution in [0, 0.1) is 0 Å². The SMILES string of the molecule is COc1ccc(-c2c(-c3ccccc3)nn(C)c2-c2ccc(C(F)(F)F)cc2)cc1. The molecule has 0 N–H and O–H groups in total. The molecule has 0 atom stereocenters. The minimum absolute atomic E-state index is 0.658. The topological polar surface area (TPSA) is 27.1 Å². The van der Waals surface area contributed by atoms with Crippen LogP contribution in [0.3, 0.4) is 0 Å². The van der Waals surface area contributed by atoms with E-state index in [9.17, 15) is 13.2 Å². The number of benzene rings is 3. The highest BCUT2D eigenvalue weighted by atomic mass is 19.4. The maximum Gasteiger partial charge on any atom is 0.416 e. The van der Waals surface area contributed by atoms with Crippen LogP contribution in [0.2, 0.25) is 0 Å². The van der Waals surface area contributed by atoms with Crippen LogP contribution in [0.15, 0.2) is 78.9 Å². The van der Waals surface area contributed by atoms with E-state index in [4.69, 9.17) is 9.84 Å². The number of aryl methyl sites for hydroxylation is 1. The van der Waals surface area contributed by atoms with Crippen molar-refractivity contribution in [2.45, 2.75) is 6.18 Å². The smallest absolute Gasteiger partial charge is 0.416 e. The third-order valence-corrected chi connectivity index (χ3v) is 4.96. The summed E-state index contributed by atoms with van der Waals surface area (Å²) in [6.07, 6.45) is -4.38. The Morgan fingerprint density at radius 3 is 1.93 bits per heavy atom. The van der Waals surface area contributed by atoms with Gasteiger partial charge in [-0.3, -0.25) is 4.68 Å². The molecule has 4 aromatic rings. The zero-order chi connectivity index (χ0) is 21.3. The highest BCUT2D eigenvalue weighted by Gasteiger charge is 2.30. The number of nitrogens with zero attached hydrogens (tertiary/aromatic N) is 2. The summed E-state index contributed by atoms with van der Waals surface area (Å²) in [5, 5.41) is 4.71. The van der Waals surface area contributed by atoms with E-state index in [1.165, 1.54) is 12.1 Å². The normalized spacial score (nSPS) is 11.5. The third-order valence-electron chi connectivity index (χ3n) is 4.96. The zero-order valence-electron chi connectivity index (χ0n) is 16.4. The molecule has 0 unspecified atom stereocenters. The quantitative estimate of drug-likeness (QED) is 0.388. The first-order valence-corrected chi connectivity index (χ1v) is 9.33. The van der Waals surface area contributed by atoms with Gasteiger partial charge in [-0.2, -0.15) is 18.3 Å². The Hall–Kier alpha value is -3.54. The van der Waals surface area contributed by atoms with Gasteiger partial charge in [0.15, 0.2) is 0 Å². The molecule has 3 nitrogen and oxygen atoms in total. The molecule has 4 rings (SSSR count). The number of methoxy groups -OCH3 is 1. The average Bonchev–Trinajstić information content (AvgIpc) is 3.11. The van der Waals surface area contributed by atoms with Gasteiger partial charge in [-0.05, 0) is 29.8 Å². The first-order valence-electron chi connectivity index (χ1n) is 9.33. The minimum Gasteiger partial charge on any atom is -0.497 e. The summed E-state index contributed by atoms with van der Waals surface area (Å²) in [7, 11) is 3.40. The van der Waals surface area contributed by atoms with Crippen molar-refractivity contribution in [3.8, 4) is 39.4 Å². The van der Waals surface area contributed by atoms with Crippen LogP contribution in [0.25, 0.3) is 33.6 Å². The van der Waals surface area contributed by atoms with E-state index in [1.807, 2.05) is 54.6 Å². The molecule has 0 aliphatic carbocycles. The van der Waals surface area contributed by atoms with Gasteiger partial charge in [-0.25, -0.2) is 0 Å². The van der Waals surface area contributed by atoms with Crippen LogP contribution in [0.4, 0.5) is 13.2 Å². The van der Waals surface area contributed by atoms with Gasteiger partial charge in [-0.1, -0.05) is 54.6 Å². The summed E-state index contributed by atoms with van der Waals surface area (Å²) < 4.78 is 46.0. The van der Waals surface area contributed by atoms with E-state index in [1.54, 1.807) is 18.8 Å². The van der Waals surface area contributed by atoms with E-state index in [0.717, 1.165) is 46.0 Å². The molecule has 0 aliphatic heterocycles. The van der Waals surface area contributed by atoms with Gasteiger partial charge >= 0.3 is 6.18 Å². The molecule has 0 saturated carbocycles. The van der Waals surface area contributed by atoms with Crippen molar-refractivity contribution < 1.29 is 17.9 Å². The van der Waals surface area contributed by atoms with Crippen LogP contribution in [-0.4, -0.2) is 16.9 Å². The number of hydrogen-bond donors (Lipinski definition) is 0. The maximum absolute atomic E-state index is 13.0. The van der Waals surface area contributed by atoms with Gasteiger partial charge in [0.1, 0.15) is 11.4 Å². The third kappa shape index (κ3) is 3.68. The lowest BCUT2D eigenvalue weighted by atomic mass is 9.95. The van der Waals surface area contributed by atoms with E-state index >= 15 is 0 Å². The monoisotopic (exact) mass is 408 g/mol. The fraction of sp³-hybridized carbons (Fsp3) is 0.125. The Labute approximate surface area is 172 Å². The molecule has 1 aromatic heterocycles. The summed E-state index contributed by atoms with van der Waals surface area (Å²) in [6.45, 7) is 0. The van der Waals surface area contributed by atoms with Gasteiger partial charge in [0.2, 0.25) is 0 Å². The largest absolute Gasteiger partial charge is 0.497 e. The van der Waals surface area contributed by atoms with Crippen molar-refractivity contribution in [3.05, 3.63) is 84.4 Å². The fourth-order valence-electron chi connectivity index (χ4n) is 3.50. The van der Waals surface area contributed by atoms with Crippen molar-refractivity contribution in [2.75, 3.05) is 7.11 Å². The first-order chi connectivity index (χ1) is 14.4. The van der Waals surface area contributed by atoms with Gasteiger partial charge in [0.25, 0.3) is 0 Å². The molecule has 30 heavy (non-hydrogen) atoms. The summed E-state index contributed by atoms with van der Waals surface area (Å²) >= 11 is 0. The summed E-state index contributed by atoms with van der Waals surface area (Å²) in [6, 6.07) is 22.5. The Morgan fingerprint density at radius 1 is 0.767 bits per heavy atom. The van der Waals surface area contributed by atoms with E-state index in [0.29, 0.717) is 5.56 Å². The molecule has 6 heteroatoms. The molecule has 0 saturated heterocycles. The number of hydrogen-bond acceptors (Lipinski definition) is 2. The number of alkyl halides is 3. The predicted octanol–water partition coefficient (Wildman–Crippen LogP) is 6.45. The molecule has 0 spiro atoms. The molecule has 1 heterocycles. The molecule has 3 aromatic carbocycles. The van der Waals surface area contributed by atoms with Crippen molar-refractivity contribution in [3.63, 3.8) is 0 Å². The Bertz CT molecular complexity index is 1150. The predicted molar refractivity (Wildman–Crippen MR) is 111 cm³/mol. The van der Waals surface area contributed by atoms with E-state index in [2.05, 4.69) is 0 Å². The lowest BCUT2D eigenvalue weighted by Crippen LogP contribution is -2.04. The second-order valence-corrected chi connectivity index (χ2v) is 6.87. The van der Waals surface area contributed by atoms with Crippen LogP contribution < -0.4 is 4.74 Å². The second kappa shape index (κ2) is 7.71. The van der Waals surface area contributed by atoms with E-state index in [-0.39, 0.29) is 0 Å². The molecule has 152 valence electrons. The van der Waals surface area contributed by atoms with Gasteiger partial charge in [0.05, 0.1) is 18.4 Å². The highest BCUT2D eigenvalue weighted by molar-refractivity contribution is 5.91. The first kappa shape index (κ1) is 19.8. The van der Waals surface area contributed by atoms with Crippen molar-refractivity contribution in [1.29, 1.82) is 0 Å². The minimum atomic E-state index is -4.38. The zero-order valence-corrected chi connectivity index (χ0v) is 16.4. The number of aromatic nitrogens is 2. The lowest BCUT2D eigenvalue weighted by molar-refractivity contribution is -0.137. The van der Waals surface area contributed by atoms with Crippen LogP contribution in [0.5, 0.6) is 5.75 Å². The van der Waals surface area contributed by atoms with Crippen LogP contribution in [0.1, 0.15) is 5.56 Å². The number of ether oxygens (including phenoxy) is 1. The Kier molecular flexibility index (Phi) is 5.08. The van der Waals surface area contributed by atoms with Crippen molar-refractivity contribution >= 4 is 0 Å². The van der Waals surface area contributed by atoms with Crippen molar-refractivity contribution in [1.82, 2.24) is 9.78 Å². The van der Waals surface area contributed by atoms with E-state index < -0.39 is 11.7 Å². The molecule has 0 fully saturated rings. The number of halogens is 3.